The van der Waals surface area contributed by atoms with Gasteiger partial charge in [-0.05, 0) is 31.2 Å². The molecule has 0 atom stereocenters. The number of methoxy groups -OCH3 is 1. The first-order chi connectivity index (χ1) is 16.0. The molecule has 11 nitrogen and oxygen atoms in total. The van der Waals surface area contributed by atoms with Crippen LogP contribution in [0.25, 0.3) is 10.8 Å². The number of anilines is 1. The second kappa shape index (κ2) is 10.3. The van der Waals surface area contributed by atoms with E-state index in [9.17, 15) is 9.59 Å². The van der Waals surface area contributed by atoms with E-state index >= 15 is 0 Å². The van der Waals surface area contributed by atoms with Gasteiger partial charge in [0.15, 0.2) is 8.38 Å². The Morgan fingerprint density at radius 1 is 1.24 bits per heavy atom. The fourth-order valence-corrected chi connectivity index (χ4v) is 4.58. The highest BCUT2D eigenvalue weighted by molar-refractivity contribution is 7.45. The molecule has 3 aromatic heterocycles. The third-order valence-corrected chi connectivity index (χ3v) is 6.46. The summed E-state index contributed by atoms with van der Waals surface area (Å²) in [5, 5.41) is 5.02. The lowest BCUT2D eigenvalue weighted by Gasteiger charge is -2.33. The Morgan fingerprint density at radius 3 is 2.70 bits per heavy atom. The molecule has 12 heteroatoms. The highest BCUT2D eigenvalue weighted by Gasteiger charge is 2.23. The number of carbonyl (C=O) groups excluding carboxylic acids is 1. The summed E-state index contributed by atoms with van der Waals surface area (Å²) >= 11 is 0. The fraction of sp³-hybridized carbons (Fsp3) is 0.429. The Labute approximate surface area is 191 Å². The summed E-state index contributed by atoms with van der Waals surface area (Å²) in [4.78, 5) is 58.3. The average Bonchev–Trinajstić information content (AvgIpc) is 2.84. The van der Waals surface area contributed by atoms with E-state index in [0.29, 0.717) is 23.3 Å². The Bertz CT molecular complexity index is 1180. The lowest BCUT2D eigenvalue weighted by Crippen LogP contribution is -2.34. The van der Waals surface area contributed by atoms with Crippen molar-refractivity contribution < 1.29 is 19.3 Å². The molecule has 0 amide bonds. The zero-order valence-corrected chi connectivity index (χ0v) is 19.1. The number of pyridine rings is 1. The number of ether oxygens (including phenoxy) is 1. The summed E-state index contributed by atoms with van der Waals surface area (Å²) in [5.74, 6) is 0.954. The molecule has 1 aliphatic rings. The molecule has 2 N–H and O–H groups in total. The van der Waals surface area contributed by atoms with Crippen molar-refractivity contribution in [3.8, 4) is 5.88 Å². The van der Waals surface area contributed by atoms with Gasteiger partial charge in [0, 0.05) is 37.0 Å². The van der Waals surface area contributed by atoms with E-state index in [1.54, 1.807) is 0 Å². The van der Waals surface area contributed by atoms with Gasteiger partial charge in [0.25, 0.3) is 5.56 Å². The maximum atomic E-state index is 13.1. The van der Waals surface area contributed by atoms with Crippen LogP contribution in [0.5, 0.6) is 5.88 Å². The summed E-state index contributed by atoms with van der Waals surface area (Å²) < 4.78 is 6.51. The van der Waals surface area contributed by atoms with E-state index < -0.39 is 13.9 Å². The Morgan fingerprint density at radius 2 is 2.03 bits per heavy atom. The van der Waals surface area contributed by atoms with Crippen molar-refractivity contribution in [1.82, 2.24) is 24.7 Å². The van der Waals surface area contributed by atoms with Crippen LogP contribution in [0.4, 0.5) is 5.82 Å². The molecule has 1 saturated heterocycles. The molecule has 33 heavy (non-hydrogen) atoms. The summed E-state index contributed by atoms with van der Waals surface area (Å²) in [6, 6.07) is 1.81. The molecule has 1 fully saturated rings. The van der Waals surface area contributed by atoms with Crippen LogP contribution in [-0.2, 0) is 6.54 Å². The number of fused-ring (bicyclic) bond motifs is 1. The molecule has 0 unspecified atom stereocenters. The number of carbonyl (C=O) groups is 1. The number of hydrogen-bond donors (Lipinski definition) is 2. The highest BCUT2D eigenvalue weighted by Crippen LogP contribution is 2.32. The van der Waals surface area contributed by atoms with Crippen molar-refractivity contribution in [3.05, 3.63) is 46.9 Å². The standard InChI is InChI=1S/C21H25N6O5P/c1-32-20-19-15(10-18(25-20)26-7-2-14(3-8-26)4-9-33(30)31)11-24-27(21(19)29)13-17(28)16-12-22-5-6-23-16/h5-6,10-12,14,30-31H,2-4,7-9,13H2,1H3. The molecule has 1 aliphatic heterocycles. The van der Waals surface area contributed by atoms with E-state index in [1.807, 2.05) is 6.07 Å². The second-order valence-electron chi connectivity index (χ2n) is 7.89. The first-order valence-electron chi connectivity index (χ1n) is 10.6. The number of ketones is 1. The summed E-state index contributed by atoms with van der Waals surface area (Å²) in [6.45, 7) is 1.28. The SMILES string of the molecule is COc1nc(N2CCC(CCP(O)O)CC2)cc2cnn(CC(=O)c3cnccn3)c(=O)c12. The second-order valence-corrected chi connectivity index (χ2v) is 9.08. The molecular weight excluding hydrogens is 447 g/mol. The highest BCUT2D eigenvalue weighted by atomic mass is 31.2. The molecule has 3 aromatic rings. The number of piperidine rings is 1. The fourth-order valence-electron chi connectivity index (χ4n) is 3.99. The normalized spacial score (nSPS) is 14.7. The number of aromatic nitrogens is 5. The minimum Gasteiger partial charge on any atom is -0.480 e. The Balaban J connectivity index is 1.56. The van der Waals surface area contributed by atoms with Crippen LogP contribution < -0.4 is 15.2 Å². The van der Waals surface area contributed by atoms with Crippen LogP contribution in [-0.4, -0.2) is 66.7 Å². The summed E-state index contributed by atoms with van der Waals surface area (Å²) in [5.41, 5.74) is -0.311. The molecule has 0 saturated carbocycles. The van der Waals surface area contributed by atoms with Crippen molar-refractivity contribution in [2.75, 3.05) is 31.3 Å². The minimum atomic E-state index is -1.84. The molecule has 4 heterocycles. The predicted molar refractivity (Wildman–Crippen MR) is 122 cm³/mol. The van der Waals surface area contributed by atoms with Crippen LogP contribution in [0, 0.1) is 5.92 Å². The van der Waals surface area contributed by atoms with Crippen LogP contribution >= 0.6 is 8.38 Å². The molecular formula is C21H25N6O5P. The Kier molecular flexibility index (Phi) is 7.22. The van der Waals surface area contributed by atoms with Gasteiger partial charge in [0.05, 0.1) is 19.5 Å². The molecule has 0 bridgehead atoms. The zero-order valence-electron chi connectivity index (χ0n) is 18.2. The number of Topliss-reactive ketones (excluding diaryl/α,β-unsaturated/α-hetero) is 1. The maximum Gasteiger partial charge on any atom is 0.280 e. The number of rotatable bonds is 8. The lowest BCUT2D eigenvalue weighted by atomic mass is 9.94. The topological polar surface area (TPSA) is 144 Å². The van der Waals surface area contributed by atoms with Crippen molar-refractivity contribution >= 4 is 30.7 Å². The largest absolute Gasteiger partial charge is 0.480 e. The van der Waals surface area contributed by atoms with Crippen molar-refractivity contribution in [2.24, 2.45) is 5.92 Å². The van der Waals surface area contributed by atoms with Crippen LogP contribution in [0.2, 0.25) is 0 Å². The van der Waals surface area contributed by atoms with Gasteiger partial charge < -0.3 is 19.4 Å². The van der Waals surface area contributed by atoms with Crippen LogP contribution in [0.3, 0.4) is 0 Å². The van der Waals surface area contributed by atoms with Gasteiger partial charge in [-0.1, -0.05) is 0 Å². The molecule has 0 aromatic carbocycles. The third kappa shape index (κ3) is 5.32. The maximum absolute atomic E-state index is 13.1. The number of nitrogens with zero attached hydrogens (tertiary/aromatic N) is 6. The van der Waals surface area contributed by atoms with Gasteiger partial charge in [-0.15, -0.1) is 0 Å². The Hall–Kier alpha value is -3.01. The first kappa shape index (κ1) is 23.2. The van der Waals surface area contributed by atoms with E-state index in [2.05, 4.69) is 25.0 Å². The molecule has 0 aliphatic carbocycles. The predicted octanol–water partition coefficient (Wildman–Crippen LogP) is 1.38. The molecule has 174 valence electrons. The van der Waals surface area contributed by atoms with Gasteiger partial charge in [0.2, 0.25) is 11.7 Å². The molecule has 0 radical (unpaired) electrons. The zero-order chi connectivity index (χ0) is 23.4. The van der Waals surface area contributed by atoms with E-state index in [4.69, 9.17) is 14.5 Å². The molecule has 0 spiro atoms. The minimum absolute atomic E-state index is 0.157. The monoisotopic (exact) mass is 472 g/mol. The van der Waals surface area contributed by atoms with Gasteiger partial charge in [-0.25, -0.2) is 9.67 Å². The summed E-state index contributed by atoms with van der Waals surface area (Å²) in [7, 11) is -0.387. The number of hydrogen-bond acceptors (Lipinski definition) is 10. The lowest BCUT2D eigenvalue weighted by molar-refractivity contribution is 0.0960. The van der Waals surface area contributed by atoms with E-state index in [1.165, 1.54) is 31.9 Å². The van der Waals surface area contributed by atoms with Gasteiger partial charge in [-0.2, -0.15) is 10.1 Å². The van der Waals surface area contributed by atoms with Gasteiger partial charge >= 0.3 is 0 Å². The third-order valence-electron chi connectivity index (χ3n) is 5.80. The van der Waals surface area contributed by atoms with Crippen molar-refractivity contribution in [3.63, 3.8) is 0 Å². The van der Waals surface area contributed by atoms with E-state index in [0.717, 1.165) is 37.0 Å². The average molecular weight is 472 g/mol. The quantitative estimate of drug-likeness (QED) is 0.364. The van der Waals surface area contributed by atoms with Gasteiger partial charge in [-0.3, -0.25) is 14.6 Å². The van der Waals surface area contributed by atoms with E-state index in [-0.39, 0.29) is 29.3 Å². The van der Waals surface area contributed by atoms with Crippen molar-refractivity contribution in [2.45, 2.75) is 25.8 Å². The molecule has 4 rings (SSSR count). The van der Waals surface area contributed by atoms with Crippen LogP contribution in [0.1, 0.15) is 29.8 Å². The smallest absolute Gasteiger partial charge is 0.280 e. The van der Waals surface area contributed by atoms with Crippen molar-refractivity contribution in [1.29, 1.82) is 0 Å². The van der Waals surface area contributed by atoms with Crippen LogP contribution in [0.15, 0.2) is 35.6 Å². The first-order valence-corrected chi connectivity index (χ1v) is 12.0. The summed E-state index contributed by atoms with van der Waals surface area (Å²) in [6.07, 6.45) is 8.86. The van der Waals surface area contributed by atoms with Gasteiger partial charge in [0.1, 0.15) is 23.4 Å².